The number of carboxylic acids is 1. The Bertz CT molecular complexity index is 996. The van der Waals surface area contributed by atoms with Crippen LogP contribution in [-0.4, -0.2) is 52.4 Å². The van der Waals surface area contributed by atoms with Crippen LogP contribution in [-0.2, 0) is 22.7 Å². The Labute approximate surface area is 207 Å². The number of benzene rings is 1. The Kier molecular flexibility index (Phi) is 10.2. The van der Waals surface area contributed by atoms with E-state index in [1.807, 2.05) is 29.3 Å². The molecular weight excluding hydrogens is 444 g/mol. The van der Waals surface area contributed by atoms with E-state index in [9.17, 15) is 14.4 Å². The van der Waals surface area contributed by atoms with Crippen molar-refractivity contribution in [2.24, 2.45) is 0 Å². The zero-order chi connectivity index (χ0) is 25.0. The van der Waals surface area contributed by atoms with Crippen molar-refractivity contribution >= 4 is 23.5 Å². The number of rotatable bonds is 7. The van der Waals surface area contributed by atoms with Crippen LogP contribution < -0.4 is 10.2 Å². The predicted molar refractivity (Wildman–Crippen MR) is 135 cm³/mol. The number of nitrogens with one attached hydrogen (secondary N) is 1. The van der Waals surface area contributed by atoms with Crippen molar-refractivity contribution in [2.45, 2.75) is 65.0 Å². The molecule has 0 saturated heterocycles. The van der Waals surface area contributed by atoms with Crippen molar-refractivity contribution in [1.29, 1.82) is 0 Å². The van der Waals surface area contributed by atoms with Gasteiger partial charge in [0.25, 0.3) is 5.91 Å². The summed E-state index contributed by atoms with van der Waals surface area (Å²) in [6.45, 7) is 4.81. The fourth-order valence-corrected chi connectivity index (χ4v) is 4.45. The zero-order valence-corrected chi connectivity index (χ0v) is 20.5. The van der Waals surface area contributed by atoms with Gasteiger partial charge in [-0.15, -0.1) is 0 Å². The maximum Gasteiger partial charge on any atom is 0.303 e. The first-order chi connectivity index (χ1) is 16.9. The van der Waals surface area contributed by atoms with E-state index in [-0.39, 0.29) is 18.2 Å². The van der Waals surface area contributed by atoms with E-state index in [4.69, 9.17) is 5.11 Å². The van der Waals surface area contributed by atoms with Crippen LogP contribution in [0.15, 0.2) is 42.7 Å². The molecule has 0 saturated carbocycles. The standard InChI is InChI=1S/C27H36N4O4/c1-21(32)31-16-6-4-2-3-5-15-30(19-22-9-7-13-28-18-22)20-24-17-23(11-12-25(24)31)27(35)29-14-8-10-26(33)34/h7,9,11-13,17-18H,2-6,8,10,14-16,19-20H2,1H3,(H,29,35)(H,33,34). The molecule has 0 aliphatic carbocycles. The summed E-state index contributed by atoms with van der Waals surface area (Å²) in [5.41, 5.74) is 3.41. The van der Waals surface area contributed by atoms with Gasteiger partial charge in [-0.05, 0) is 61.2 Å². The van der Waals surface area contributed by atoms with Gasteiger partial charge in [0.15, 0.2) is 0 Å². The second kappa shape index (κ2) is 13.6. The molecule has 0 unspecified atom stereocenters. The molecule has 1 aliphatic rings. The van der Waals surface area contributed by atoms with Crippen molar-refractivity contribution in [1.82, 2.24) is 15.2 Å². The first kappa shape index (κ1) is 26.3. The van der Waals surface area contributed by atoms with Crippen molar-refractivity contribution in [2.75, 3.05) is 24.5 Å². The van der Waals surface area contributed by atoms with E-state index in [1.54, 1.807) is 19.2 Å². The largest absolute Gasteiger partial charge is 0.481 e. The molecule has 8 nitrogen and oxygen atoms in total. The highest BCUT2D eigenvalue weighted by molar-refractivity contribution is 5.97. The number of amides is 2. The van der Waals surface area contributed by atoms with Crippen molar-refractivity contribution in [3.63, 3.8) is 0 Å². The third kappa shape index (κ3) is 8.47. The summed E-state index contributed by atoms with van der Waals surface area (Å²) in [6.07, 6.45) is 9.46. The molecular formula is C27H36N4O4. The number of carbonyl (C=O) groups excluding carboxylic acids is 2. The lowest BCUT2D eigenvalue weighted by atomic mass is 10.0. The molecule has 8 heteroatoms. The van der Waals surface area contributed by atoms with Gasteiger partial charge in [0.2, 0.25) is 5.91 Å². The van der Waals surface area contributed by atoms with Gasteiger partial charge in [-0.25, -0.2) is 0 Å². The molecule has 0 fully saturated rings. The second-order valence-electron chi connectivity index (χ2n) is 9.11. The molecule has 0 radical (unpaired) electrons. The average Bonchev–Trinajstić information content (AvgIpc) is 2.83. The summed E-state index contributed by atoms with van der Waals surface area (Å²) in [4.78, 5) is 44.5. The van der Waals surface area contributed by atoms with Crippen LogP contribution in [0.3, 0.4) is 0 Å². The molecule has 2 heterocycles. The lowest BCUT2D eigenvalue weighted by Gasteiger charge is -2.29. The van der Waals surface area contributed by atoms with Gasteiger partial charge in [-0.1, -0.05) is 25.3 Å². The number of hydrogen-bond donors (Lipinski definition) is 2. The summed E-state index contributed by atoms with van der Waals surface area (Å²) >= 11 is 0. The SMILES string of the molecule is CC(=O)N1CCCCCCCN(Cc2cccnc2)Cc2cc(C(=O)NCCCC(=O)O)ccc21. The van der Waals surface area contributed by atoms with E-state index in [1.165, 1.54) is 0 Å². The van der Waals surface area contributed by atoms with E-state index in [0.29, 0.717) is 31.6 Å². The molecule has 0 bridgehead atoms. The van der Waals surface area contributed by atoms with Crippen LogP contribution in [0, 0.1) is 0 Å². The van der Waals surface area contributed by atoms with Gasteiger partial charge in [-0.3, -0.25) is 24.3 Å². The Morgan fingerprint density at radius 2 is 1.83 bits per heavy atom. The van der Waals surface area contributed by atoms with Crippen molar-refractivity contribution < 1.29 is 19.5 Å². The van der Waals surface area contributed by atoms with Gasteiger partial charge in [0, 0.05) is 63.2 Å². The minimum Gasteiger partial charge on any atom is -0.481 e. The zero-order valence-electron chi connectivity index (χ0n) is 20.5. The number of carbonyl (C=O) groups is 3. The molecule has 1 aromatic carbocycles. The third-order valence-corrected chi connectivity index (χ3v) is 6.24. The van der Waals surface area contributed by atoms with Crippen molar-refractivity contribution in [3.05, 3.63) is 59.4 Å². The molecule has 35 heavy (non-hydrogen) atoms. The Morgan fingerprint density at radius 1 is 1.06 bits per heavy atom. The molecule has 1 aromatic heterocycles. The number of aliphatic carboxylic acids is 1. The lowest BCUT2D eigenvalue weighted by molar-refractivity contribution is -0.137. The number of aromatic nitrogens is 1. The van der Waals surface area contributed by atoms with Crippen LogP contribution in [0.2, 0.25) is 0 Å². The maximum atomic E-state index is 12.8. The average molecular weight is 481 g/mol. The van der Waals surface area contributed by atoms with Gasteiger partial charge in [-0.2, -0.15) is 0 Å². The highest BCUT2D eigenvalue weighted by Crippen LogP contribution is 2.26. The predicted octanol–water partition coefficient (Wildman–Crippen LogP) is 4.00. The molecule has 0 atom stereocenters. The minimum absolute atomic E-state index is 0.00649. The Morgan fingerprint density at radius 3 is 2.54 bits per heavy atom. The number of carboxylic acid groups (broad SMARTS) is 1. The summed E-state index contributed by atoms with van der Waals surface area (Å²) < 4.78 is 0. The molecule has 3 rings (SSSR count). The number of pyridine rings is 1. The number of fused-ring (bicyclic) bond motifs is 1. The normalized spacial score (nSPS) is 15.4. The van der Waals surface area contributed by atoms with Crippen LogP contribution in [0.25, 0.3) is 0 Å². The summed E-state index contributed by atoms with van der Waals surface area (Å²) in [7, 11) is 0. The van der Waals surface area contributed by atoms with Gasteiger partial charge in [0.05, 0.1) is 0 Å². The minimum atomic E-state index is -0.878. The summed E-state index contributed by atoms with van der Waals surface area (Å²) in [5.74, 6) is -1.12. The lowest BCUT2D eigenvalue weighted by Crippen LogP contribution is -2.33. The third-order valence-electron chi connectivity index (χ3n) is 6.24. The summed E-state index contributed by atoms with van der Waals surface area (Å²) in [6, 6.07) is 9.49. The van der Waals surface area contributed by atoms with Crippen LogP contribution in [0.5, 0.6) is 0 Å². The fourth-order valence-electron chi connectivity index (χ4n) is 4.45. The van der Waals surface area contributed by atoms with Gasteiger partial charge in [0.1, 0.15) is 0 Å². The molecule has 188 valence electrons. The highest BCUT2D eigenvalue weighted by Gasteiger charge is 2.20. The number of hydrogen-bond acceptors (Lipinski definition) is 5. The molecule has 2 amide bonds. The number of nitrogens with zero attached hydrogens (tertiary/aromatic N) is 3. The maximum absolute atomic E-state index is 12.8. The quantitative estimate of drug-likeness (QED) is 0.581. The van der Waals surface area contributed by atoms with E-state index < -0.39 is 5.97 Å². The first-order valence-electron chi connectivity index (χ1n) is 12.5. The van der Waals surface area contributed by atoms with Crippen LogP contribution in [0.1, 0.15) is 73.4 Å². The second-order valence-corrected chi connectivity index (χ2v) is 9.11. The molecule has 1 aliphatic heterocycles. The highest BCUT2D eigenvalue weighted by atomic mass is 16.4. The Balaban J connectivity index is 1.88. The van der Waals surface area contributed by atoms with E-state index in [2.05, 4.69) is 21.3 Å². The van der Waals surface area contributed by atoms with E-state index in [0.717, 1.165) is 62.0 Å². The van der Waals surface area contributed by atoms with Gasteiger partial charge < -0.3 is 15.3 Å². The number of anilines is 1. The fraction of sp³-hybridized carbons (Fsp3) is 0.481. The van der Waals surface area contributed by atoms with Crippen LogP contribution >= 0.6 is 0 Å². The Hall–Kier alpha value is -3.26. The van der Waals surface area contributed by atoms with Gasteiger partial charge >= 0.3 is 5.97 Å². The van der Waals surface area contributed by atoms with Crippen molar-refractivity contribution in [3.8, 4) is 0 Å². The molecule has 2 aromatic rings. The monoisotopic (exact) mass is 480 g/mol. The van der Waals surface area contributed by atoms with Crippen LogP contribution in [0.4, 0.5) is 5.69 Å². The first-order valence-corrected chi connectivity index (χ1v) is 12.5. The molecule has 2 N–H and O–H groups in total. The molecule has 0 spiro atoms. The smallest absolute Gasteiger partial charge is 0.303 e. The van der Waals surface area contributed by atoms with E-state index >= 15 is 0 Å². The topological polar surface area (TPSA) is 103 Å². The summed E-state index contributed by atoms with van der Waals surface area (Å²) in [5, 5.41) is 11.6.